The van der Waals surface area contributed by atoms with Crippen molar-refractivity contribution < 1.29 is 19.0 Å². The monoisotopic (exact) mass is 267 g/mol. The fourth-order valence-electron chi connectivity index (χ4n) is 1.67. The SMILES string of the molecule is CCOc1cc(C(=O)CN)cc(OCC)c1OCC. The molecule has 0 fully saturated rings. The van der Waals surface area contributed by atoms with Crippen LogP contribution in [0.25, 0.3) is 0 Å². The molecule has 0 bridgehead atoms. The summed E-state index contributed by atoms with van der Waals surface area (Å²) in [7, 11) is 0. The average Bonchev–Trinajstić information content (AvgIpc) is 2.41. The minimum Gasteiger partial charge on any atom is -0.490 e. The molecule has 5 heteroatoms. The van der Waals surface area contributed by atoms with Crippen LogP contribution in [0.15, 0.2) is 12.1 Å². The lowest BCUT2D eigenvalue weighted by atomic mass is 10.1. The van der Waals surface area contributed by atoms with Crippen molar-refractivity contribution in [3.63, 3.8) is 0 Å². The zero-order chi connectivity index (χ0) is 14.3. The summed E-state index contributed by atoms with van der Waals surface area (Å²) in [6.07, 6.45) is 0. The van der Waals surface area contributed by atoms with E-state index in [1.807, 2.05) is 20.8 Å². The normalized spacial score (nSPS) is 10.1. The second-order valence-corrected chi connectivity index (χ2v) is 3.73. The zero-order valence-corrected chi connectivity index (χ0v) is 11.7. The van der Waals surface area contributed by atoms with Gasteiger partial charge < -0.3 is 19.9 Å². The van der Waals surface area contributed by atoms with Crippen molar-refractivity contribution in [2.75, 3.05) is 26.4 Å². The molecule has 0 spiro atoms. The highest BCUT2D eigenvalue weighted by Gasteiger charge is 2.17. The maximum Gasteiger partial charge on any atom is 0.203 e. The summed E-state index contributed by atoms with van der Waals surface area (Å²) in [5.74, 6) is 1.38. The van der Waals surface area contributed by atoms with Crippen LogP contribution in [-0.4, -0.2) is 32.1 Å². The Morgan fingerprint density at radius 2 is 1.47 bits per heavy atom. The minimum absolute atomic E-state index is 0.0505. The highest BCUT2D eigenvalue weighted by Crippen LogP contribution is 2.39. The Bertz CT molecular complexity index is 404. The number of hydrogen-bond donors (Lipinski definition) is 1. The number of rotatable bonds is 8. The van der Waals surface area contributed by atoms with Gasteiger partial charge in [-0.25, -0.2) is 0 Å². The number of carbonyl (C=O) groups is 1. The van der Waals surface area contributed by atoms with Crippen LogP contribution in [0.3, 0.4) is 0 Å². The van der Waals surface area contributed by atoms with Gasteiger partial charge in [-0.1, -0.05) is 0 Å². The topological polar surface area (TPSA) is 70.8 Å². The summed E-state index contributed by atoms with van der Waals surface area (Å²) >= 11 is 0. The number of Topliss-reactive ketones (excluding diaryl/α,β-unsaturated/α-hetero) is 1. The lowest BCUT2D eigenvalue weighted by molar-refractivity contribution is 0.1000. The molecule has 19 heavy (non-hydrogen) atoms. The molecule has 0 radical (unpaired) electrons. The van der Waals surface area contributed by atoms with Gasteiger partial charge in [0.2, 0.25) is 5.75 Å². The molecular weight excluding hydrogens is 246 g/mol. The molecule has 0 saturated heterocycles. The van der Waals surface area contributed by atoms with Crippen LogP contribution in [0.1, 0.15) is 31.1 Å². The number of hydrogen-bond acceptors (Lipinski definition) is 5. The van der Waals surface area contributed by atoms with E-state index < -0.39 is 0 Å². The highest BCUT2D eigenvalue weighted by molar-refractivity contribution is 5.98. The van der Waals surface area contributed by atoms with Crippen molar-refractivity contribution in [2.45, 2.75) is 20.8 Å². The van der Waals surface area contributed by atoms with Crippen LogP contribution in [0.5, 0.6) is 17.2 Å². The molecule has 1 rings (SSSR count). The van der Waals surface area contributed by atoms with Crippen molar-refractivity contribution >= 4 is 5.78 Å². The summed E-state index contributed by atoms with van der Waals surface area (Å²) in [4.78, 5) is 11.7. The molecule has 2 N–H and O–H groups in total. The Labute approximate surface area is 113 Å². The van der Waals surface area contributed by atoms with E-state index in [0.717, 1.165) is 0 Å². The standard InChI is InChI=1S/C14H21NO4/c1-4-17-12-7-10(11(16)9-15)8-13(18-5-2)14(12)19-6-3/h7-8H,4-6,9,15H2,1-3H3. The van der Waals surface area contributed by atoms with Crippen LogP contribution in [0.2, 0.25) is 0 Å². The Balaban J connectivity index is 3.29. The number of benzene rings is 1. The van der Waals surface area contributed by atoms with Crippen LogP contribution in [0.4, 0.5) is 0 Å². The van der Waals surface area contributed by atoms with E-state index >= 15 is 0 Å². The molecular formula is C14H21NO4. The van der Waals surface area contributed by atoms with Crippen molar-refractivity contribution in [1.29, 1.82) is 0 Å². The third-order valence-corrected chi connectivity index (χ3v) is 2.42. The lowest BCUT2D eigenvalue weighted by Gasteiger charge is -2.16. The predicted octanol–water partition coefficient (Wildman–Crippen LogP) is 2.02. The number of ether oxygens (including phenoxy) is 3. The van der Waals surface area contributed by atoms with Crippen LogP contribution in [0, 0.1) is 0 Å². The Morgan fingerprint density at radius 3 is 1.84 bits per heavy atom. The predicted molar refractivity (Wildman–Crippen MR) is 73.3 cm³/mol. The molecule has 1 aromatic carbocycles. The molecule has 0 saturated carbocycles. The zero-order valence-electron chi connectivity index (χ0n) is 11.7. The molecule has 0 aromatic heterocycles. The van der Waals surface area contributed by atoms with Gasteiger partial charge >= 0.3 is 0 Å². The molecule has 5 nitrogen and oxygen atoms in total. The van der Waals surface area contributed by atoms with E-state index in [1.165, 1.54) is 0 Å². The fraction of sp³-hybridized carbons (Fsp3) is 0.500. The van der Waals surface area contributed by atoms with Gasteiger partial charge in [0.1, 0.15) is 0 Å². The minimum atomic E-state index is -0.162. The maximum atomic E-state index is 11.7. The molecule has 0 amide bonds. The van der Waals surface area contributed by atoms with Gasteiger partial charge in [-0.2, -0.15) is 0 Å². The Morgan fingerprint density at radius 1 is 1.00 bits per heavy atom. The van der Waals surface area contributed by atoms with E-state index in [9.17, 15) is 4.79 Å². The van der Waals surface area contributed by atoms with Gasteiger partial charge in [-0.05, 0) is 32.9 Å². The summed E-state index contributed by atoms with van der Waals surface area (Å²) in [6, 6.07) is 3.29. The number of nitrogens with two attached hydrogens (primary N) is 1. The Hall–Kier alpha value is -1.75. The first-order valence-electron chi connectivity index (χ1n) is 6.47. The van der Waals surface area contributed by atoms with Crippen molar-refractivity contribution in [2.24, 2.45) is 5.73 Å². The molecule has 1 aromatic rings. The molecule has 0 heterocycles. The third-order valence-electron chi connectivity index (χ3n) is 2.42. The first kappa shape index (κ1) is 15.3. The van der Waals surface area contributed by atoms with Gasteiger partial charge in [-0.15, -0.1) is 0 Å². The van der Waals surface area contributed by atoms with Gasteiger partial charge in [0.15, 0.2) is 17.3 Å². The summed E-state index contributed by atoms with van der Waals surface area (Å²) in [5, 5.41) is 0. The fourth-order valence-corrected chi connectivity index (χ4v) is 1.67. The molecule has 0 aliphatic rings. The van der Waals surface area contributed by atoms with Gasteiger partial charge in [-0.3, -0.25) is 4.79 Å². The average molecular weight is 267 g/mol. The first-order chi connectivity index (χ1) is 9.17. The van der Waals surface area contributed by atoms with Crippen molar-refractivity contribution in [1.82, 2.24) is 0 Å². The second kappa shape index (κ2) is 7.63. The molecule has 0 unspecified atom stereocenters. The van der Waals surface area contributed by atoms with E-state index in [4.69, 9.17) is 19.9 Å². The first-order valence-corrected chi connectivity index (χ1v) is 6.47. The van der Waals surface area contributed by atoms with Gasteiger partial charge in [0.05, 0.1) is 26.4 Å². The number of ketones is 1. The number of carbonyl (C=O) groups excluding carboxylic acids is 1. The van der Waals surface area contributed by atoms with Crippen LogP contribution < -0.4 is 19.9 Å². The van der Waals surface area contributed by atoms with Gasteiger partial charge in [0.25, 0.3) is 0 Å². The maximum absolute atomic E-state index is 11.7. The van der Waals surface area contributed by atoms with E-state index in [-0.39, 0.29) is 12.3 Å². The molecule has 0 atom stereocenters. The van der Waals surface area contributed by atoms with E-state index in [2.05, 4.69) is 0 Å². The third kappa shape index (κ3) is 3.86. The molecule has 0 aliphatic heterocycles. The molecule has 0 aliphatic carbocycles. The van der Waals surface area contributed by atoms with E-state index in [1.54, 1.807) is 12.1 Å². The van der Waals surface area contributed by atoms with Crippen molar-refractivity contribution in [3.8, 4) is 17.2 Å². The van der Waals surface area contributed by atoms with Crippen LogP contribution >= 0.6 is 0 Å². The summed E-state index contributed by atoms with van der Waals surface area (Å²) in [5.41, 5.74) is 5.86. The van der Waals surface area contributed by atoms with Gasteiger partial charge in [0, 0.05) is 5.56 Å². The summed E-state index contributed by atoms with van der Waals surface area (Å²) in [6.45, 7) is 7.01. The van der Waals surface area contributed by atoms with E-state index in [0.29, 0.717) is 42.6 Å². The summed E-state index contributed by atoms with van der Waals surface area (Å²) < 4.78 is 16.6. The quantitative estimate of drug-likeness (QED) is 0.730. The molecule has 106 valence electrons. The Kier molecular flexibility index (Phi) is 6.15. The van der Waals surface area contributed by atoms with Crippen molar-refractivity contribution in [3.05, 3.63) is 17.7 Å². The highest BCUT2D eigenvalue weighted by atomic mass is 16.5. The lowest BCUT2D eigenvalue weighted by Crippen LogP contribution is -2.14. The smallest absolute Gasteiger partial charge is 0.203 e. The largest absolute Gasteiger partial charge is 0.490 e. The second-order valence-electron chi connectivity index (χ2n) is 3.73. The van der Waals surface area contributed by atoms with Crippen LogP contribution in [-0.2, 0) is 0 Å².